The second-order valence-electron chi connectivity index (χ2n) is 9.07. The highest BCUT2D eigenvalue weighted by Gasteiger charge is 2.31. The van der Waals surface area contributed by atoms with Crippen LogP contribution in [0.4, 0.5) is 5.69 Å². The zero-order valence-electron chi connectivity index (χ0n) is 19.2. The molecule has 0 radical (unpaired) electrons. The predicted octanol–water partition coefficient (Wildman–Crippen LogP) is 3.41. The summed E-state index contributed by atoms with van der Waals surface area (Å²) in [5.74, 6) is -0.258. The highest BCUT2D eigenvalue weighted by Crippen LogP contribution is 2.21. The van der Waals surface area contributed by atoms with Gasteiger partial charge in [0, 0.05) is 48.5 Å². The molecule has 0 spiro atoms. The first-order chi connectivity index (χ1) is 16.5. The summed E-state index contributed by atoms with van der Waals surface area (Å²) in [6.45, 7) is 2.97. The van der Waals surface area contributed by atoms with Crippen LogP contribution < -0.4 is 10.6 Å². The number of benzene rings is 2. The lowest BCUT2D eigenvalue weighted by molar-refractivity contribution is -0.127. The number of carbonyl (C=O) groups is 3. The number of hydrogen-bond acceptors (Lipinski definition) is 4. The molecule has 1 unspecified atom stereocenters. The van der Waals surface area contributed by atoms with Gasteiger partial charge in [0.15, 0.2) is 0 Å². The minimum Gasteiger partial charge on any atom is -0.353 e. The van der Waals surface area contributed by atoms with E-state index in [4.69, 9.17) is 11.6 Å². The molecule has 8 heteroatoms. The maximum absolute atomic E-state index is 12.9. The van der Waals surface area contributed by atoms with Gasteiger partial charge >= 0.3 is 0 Å². The number of para-hydroxylation sites is 1. The number of nitrogens with zero attached hydrogens (tertiary/aromatic N) is 2. The van der Waals surface area contributed by atoms with E-state index in [0.717, 1.165) is 44.5 Å². The Morgan fingerprint density at radius 2 is 1.62 bits per heavy atom. The van der Waals surface area contributed by atoms with E-state index < -0.39 is 0 Å². The summed E-state index contributed by atoms with van der Waals surface area (Å²) in [5, 5.41) is 6.69. The van der Waals surface area contributed by atoms with Crippen molar-refractivity contribution in [2.45, 2.75) is 31.7 Å². The van der Waals surface area contributed by atoms with Gasteiger partial charge in [-0.1, -0.05) is 29.8 Å². The van der Waals surface area contributed by atoms with Gasteiger partial charge in [0.25, 0.3) is 5.91 Å². The maximum atomic E-state index is 12.9. The average Bonchev–Trinajstić information content (AvgIpc) is 2.86. The second-order valence-corrected chi connectivity index (χ2v) is 9.51. The number of halogens is 1. The van der Waals surface area contributed by atoms with Gasteiger partial charge < -0.3 is 15.5 Å². The Hall–Kier alpha value is -2.90. The van der Waals surface area contributed by atoms with E-state index in [9.17, 15) is 14.4 Å². The average molecular weight is 483 g/mol. The number of hydrogen-bond donors (Lipinski definition) is 2. The van der Waals surface area contributed by atoms with Crippen LogP contribution in [-0.2, 0) is 9.59 Å². The van der Waals surface area contributed by atoms with Crippen molar-refractivity contribution in [2.24, 2.45) is 5.92 Å². The molecule has 4 rings (SSSR count). The third kappa shape index (κ3) is 6.58. The Morgan fingerprint density at radius 3 is 2.32 bits per heavy atom. The number of likely N-dealkylation sites (tertiary alicyclic amines) is 2. The SMILES string of the molecule is O=C(CN1CCC(NC(=O)C2CCCN(C(=O)c3ccc(Cl)cc3)C2)CC1)Nc1ccccc1. The molecule has 2 aromatic rings. The molecule has 2 fully saturated rings. The molecule has 0 saturated carbocycles. The van der Waals surface area contributed by atoms with E-state index in [-0.39, 0.29) is 29.7 Å². The Bertz CT molecular complexity index is 991. The van der Waals surface area contributed by atoms with Crippen molar-refractivity contribution in [1.82, 2.24) is 15.1 Å². The molecular formula is C26H31ClN4O3. The number of piperidine rings is 2. The van der Waals surface area contributed by atoms with E-state index in [1.807, 2.05) is 30.3 Å². The Kier molecular flexibility index (Phi) is 8.19. The normalized spacial score (nSPS) is 19.4. The topological polar surface area (TPSA) is 81.8 Å². The number of anilines is 1. The molecular weight excluding hydrogens is 452 g/mol. The van der Waals surface area contributed by atoms with Gasteiger partial charge in [-0.15, -0.1) is 0 Å². The van der Waals surface area contributed by atoms with Crippen LogP contribution >= 0.6 is 11.6 Å². The Balaban J connectivity index is 1.21. The fraction of sp³-hybridized carbons (Fsp3) is 0.423. The second kappa shape index (κ2) is 11.5. The lowest BCUT2D eigenvalue weighted by atomic mass is 9.95. The van der Waals surface area contributed by atoms with Crippen molar-refractivity contribution in [1.29, 1.82) is 0 Å². The molecule has 7 nitrogen and oxygen atoms in total. The summed E-state index contributed by atoms with van der Waals surface area (Å²) in [5.41, 5.74) is 1.39. The van der Waals surface area contributed by atoms with Gasteiger partial charge in [-0.2, -0.15) is 0 Å². The Labute approximate surface area is 205 Å². The van der Waals surface area contributed by atoms with Crippen molar-refractivity contribution >= 4 is 35.0 Å². The van der Waals surface area contributed by atoms with Crippen molar-refractivity contribution in [3.8, 4) is 0 Å². The predicted molar refractivity (Wildman–Crippen MR) is 133 cm³/mol. The van der Waals surface area contributed by atoms with E-state index >= 15 is 0 Å². The van der Waals surface area contributed by atoms with Gasteiger partial charge in [0.1, 0.15) is 0 Å². The van der Waals surface area contributed by atoms with Gasteiger partial charge in [0.2, 0.25) is 11.8 Å². The first-order valence-corrected chi connectivity index (χ1v) is 12.3. The minimum absolute atomic E-state index is 0.0221. The standard InChI is InChI=1S/C26H31ClN4O3/c27-21-10-8-19(9-11-21)26(34)31-14-4-5-20(17-31)25(33)29-23-12-15-30(16-13-23)18-24(32)28-22-6-2-1-3-7-22/h1-3,6-11,20,23H,4-5,12-18H2,(H,28,32)(H,29,33). The molecule has 0 aromatic heterocycles. The zero-order valence-corrected chi connectivity index (χ0v) is 20.0. The van der Waals surface area contributed by atoms with Crippen molar-refractivity contribution in [3.05, 3.63) is 65.2 Å². The van der Waals surface area contributed by atoms with Crippen molar-refractivity contribution in [3.63, 3.8) is 0 Å². The van der Waals surface area contributed by atoms with E-state index in [2.05, 4.69) is 15.5 Å². The van der Waals surface area contributed by atoms with E-state index in [1.165, 1.54) is 0 Å². The van der Waals surface area contributed by atoms with Crippen LogP contribution in [0.2, 0.25) is 5.02 Å². The molecule has 1 atom stereocenters. The lowest BCUT2D eigenvalue weighted by Gasteiger charge is -2.35. The van der Waals surface area contributed by atoms with E-state index in [0.29, 0.717) is 30.2 Å². The van der Waals surface area contributed by atoms with Gasteiger partial charge in [-0.25, -0.2) is 0 Å². The first-order valence-electron chi connectivity index (χ1n) is 11.9. The molecule has 2 saturated heterocycles. The summed E-state index contributed by atoms with van der Waals surface area (Å²) < 4.78 is 0. The first kappa shape index (κ1) is 24.2. The number of rotatable bonds is 6. The maximum Gasteiger partial charge on any atom is 0.253 e. The molecule has 34 heavy (non-hydrogen) atoms. The van der Waals surface area contributed by atoms with Gasteiger partial charge in [-0.3, -0.25) is 19.3 Å². The zero-order chi connectivity index (χ0) is 23.9. The third-order valence-electron chi connectivity index (χ3n) is 6.53. The molecule has 2 N–H and O–H groups in total. The van der Waals surface area contributed by atoms with Gasteiger partial charge in [0.05, 0.1) is 12.5 Å². The molecule has 2 aliphatic rings. The van der Waals surface area contributed by atoms with Crippen molar-refractivity contribution in [2.75, 3.05) is 38.0 Å². The molecule has 2 aromatic carbocycles. The third-order valence-corrected chi connectivity index (χ3v) is 6.78. The van der Waals surface area contributed by atoms with Gasteiger partial charge in [-0.05, 0) is 62.1 Å². The van der Waals surface area contributed by atoms with Crippen LogP contribution in [0.3, 0.4) is 0 Å². The van der Waals surface area contributed by atoms with Crippen LogP contribution in [0.1, 0.15) is 36.0 Å². The number of amides is 3. The fourth-order valence-corrected chi connectivity index (χ4v) is 4.76. The Morgan fingerprint density at radius 1 is 0.912 bits per heavy atom. The lowest BCUT2D eigenvalue weighted by Crippen LogP contribution is -2.50. The summed E-state index contributed by atoms with van der Waals surface area (Å²) >= 11 is 5.93. The number of nitrogens with one attached hydrogen (secondary N) is 2. The number of carbonyl (C=O) groups excluding carboxylic acids is 3. The molecule has 180 valence electrons. The van der Waals surface area contributed by atoms with Crippen LogP contribution in [0.15, 0.2) is 54.6 Å². The summed E-state index contributed by atoms with van der Waals surface area (Å²) in [4.78, 5) is 41.9. The summed E-state index contributed by atoms with van der Waals surface area (Å²) in [6.07, 6.45) is 3.22. The van der Waals surface area contributed by atoms with E-state index in [1.54, 1.807) is 29.2 Å². The highest BCUT2D eigenvalue weighted by atomic mass is 35.5. The molecule has 0 aliphatic carbocycles. The van der Waals surface area contributed by atoms with Crippen LogP contribution in [-0.4, -0.2) is 66.3 Å². The monoisotopic (exact) mass is 482 g/mol. The fourth-order valence-electron chi connectivity index (χ4n) is 4.63. The van der Waals surface area contributed by atoms with Crippen molar-refractivity contribution < 1.29 is 14.4 Å². The molecule has 2 aliphatic heterocycles. The molecule has 2 heterocycles. The van der Waals surface area contributed by atoms with Crippen LogP contribution in [0.5, 0.6) is 0 Å². The largest absolute Gasteiger partial charge is 0.353 e. The van der Waals surface area contributed by atoms with Crippen LogP contribution in [0.25, 0.3) is 0 Å². The summed E-state index contributed by atoms with van der Waals surface area (Å²) in [7, 11) is 0. The minimum atomic E-state index is -0.195. The molecule has 0 bridgehead atoms. The van der Waals surface area contributed by atoms with Crippen LogP contribution in [0, 0.1) is 5.92 Å². The molecule has 3 amide bonds. The quantitative estimate of drug-likeness (QED) is 0.661. The smallest absolute Gasteiger partial charge is 0.253 e. The highest BCUT2D eigenvalue weighted by molar-refractivity contribution is 6.30. The summed E-state index contributed by atoms with van der Waals surface area (Å²) in [6, 6.07) is 16.4.